The zero-order valence-electron chi connectivity index (χ0n) is 10.4. The summed E-state index contributed by atoms with van der Waals surface area (Å²) in [6.07, 6.45) is 0. The maximum Gasteiger partial charge on any atom is 0.371 e. The van der Waals surface area contributed by atoms with Crippen LogP contribution < -0.4 is 0 Å². The summed E-state index contributed by atoms with van der Waals surface area (Å²) in [5.74, 6) is -1.34. The molecule has 17 heavy (non-hydrogen) atoms. The van der Waals surface area contributed by atoms with Crippen LogP contribution in [0.25, 0.3) is 0 Å². The first-order valence-corrected chi connectivity index (χ1v) is 5.45. The van der Waals surface area contributed by atoms with Crippen LogP contribution in [0.5, 0.6) is 0 Å². The first-order valence-electron chi connectivity index (χ1n) is 5.45. The number of rotatable bonds is 4. The minimum absolute atomic E-state index is 0.0531. The fourth-order valence-electron chi connectivity index (χ4n) is 1.37. The number of carbonyl (C=O) groups excluding carboxylic acids is 1. The molecule has 0 saturated heterocycles. The van der Waals surface area contributed by atoms with E-state index < -0.39 is 5.97 Å². The number of carboxylic acid groups (broad SMARTS) is 1. The smallest absolute Gasteiger partial charge is 0.371 e. The number of aromatic carboxylic acids is 1. The molecule has 0 spiro atoms. The van der Waals surface area contributed by atoms with Gasteiger partial charge in [0.1, 0.15) is 0 Å². The number of amides is 1. The topological polar surface area (TPSA) is 70.8 Å². The van der Waals surface area contributed by atoms with E-state index in [9.17, 15) is 9.59 Å². The lowest BCUT2D eigenvalue weighted by Crippen LogP contribution is -2.38. The van der Waals surface area contributed by atoms with Gasteiger partial charge in [0.25, 0.3) is 5.91 Å². The average Bonchev–Trinajstić information content (AvgIpc) is 2.75. The van der Waals surface area contributed by atoms with Crippen LogP contribution in [0.1, 0.15) is 41.9 Å². The minimum atomic E-state index is -1.18. The normalized spacial score (nSPS) is 12.5. The second-order valence-corrected chi connectivity index (χ2v) is 4.37. The lowest BCUT2D eigenvalue weighted by Gasteiger charge is -2.27. The van der Waals surface area contributed by atoms with Gasteiger partial charge in [0, 0.05) is 13.1 Å². The fraction of sp³-hybridized carbons (Fsp3) is 0.500. The summed E-state index contributed by atoms with van der Waals surface area (Å²) in [7, 11) is 1.68. The zero-order valence-corrected chi connectivity index (χ0v) is 10.4. The number of furan rings is 1. The number of hydrogen-bond donors (Lipinski definition) is 1. The van der Waals surface area contributed by atoms with Gasteiger partial charge in [0.2, 0.25) is 5.76 Å². The lowest BCUT2D eigenvalue weighted by atomic mass is 10.1. The van der Waals surface area contributed by atoms with Gasteiger partial charge in [-0.3, -0.25) is 4.79 Å². The highest BCUT2D eigenvalue weighted by Crippen LogP contribution is 2.14. The van der Waals surface area contributed by atoms with E-state index >= 15 is 0 Å². The summed E-state index contributed by atoms with van der Waals surface area (Å²) < 4.78 is 4.97. The van der Waals surface area contributed by atoms with Crippen LogP contribution in [0.4, 0.5) is 0 Å². The van der Waals surface area contributed by atoms with Crippen molar-refractivity contribution in [1.82, 2.24) is 4.90 Å². The number of nitrogens with zero attached hydrogens (tertiary/aromatic N) is 1. The van der Waals surface area contributed by atoms with E-state index in [1.54, 1.807) is 11.9 Å². The molecule has 0 radical (unpaired) electrons. The Balaban J connectivity index is 2.85. The molecule has 1 aromatic rings. The molecule has 1 amide bonds. The van der Waals surface area contributed by atoms with Gasteiger partial charge < -0.3 is 14.4 Å². The van der Waals surface area contributed by atoms with Crippen molar-refractivity contribution < 1.29 is 19.1 Å². The van der Waals surface area contributed by atoms with Crippen LogP contribution in [0.2, 0.25) is 0 Å². The summed E-state index contributed by atoms with van der Waals surface area (Å²) in [6.45, 7) is 5.96. The highest BCUT2D eigenvalue weighted by Gasteiger charge is 2.23. The molecule has 0 aliphatic heterocycles. The van der Waals surface area contributed by atoms with Gasteiger partial charge in [0.15, 0.2) is 5.76 Å². The van der Waals surface area contributed by atoms with Crippen LogP contribution >= 0.6 is 0 Å². The van der Waals surface area contributed by atoms with Crippen molar-refractivity contribution in [2.45, 2.75) is 26.8 Å². The van der Waals surface area contributed by atoms with E-state index in [0.29, 0.717) is 5.92 Å². The molecule has 1 N–H and O–H groups in total. The standard InChI is InChI=1S/C12H17NO4/c1-7(2)8(3)13(4)11(14)9-5-6-10(17-9)12(15)16/h5-8H,1-4H3,(H,15,16). The Hall–Kier alpha value is -1.78. The van der Waals surface area contributed by atoms with E-state index in [4.69, 9.17) is 9.52 Å². The molecule has 1 unspecified atom stereocenters. The molecule has 1 aromatic heterocycles. The average molecular weight is 239 g/mol. The maximum absolute atomic E-state index is 12.0. The van der Waals surface area contributed by atoms with Crippen molar-refractivity contribution >= 4 is 11.9 Å². The Morgan fingerprint density at radius 3 is 2.18 bits per heavy atom. The van der Waals surface area contributed by atoms with Crippen LogP contribution in [-0.4, -0.2) is 35.0 Å². The molecule has 5 nitrogen and oxygen atoms in total. The Labute approximate surface area is 100 Å². The second-order valence-electron chi connectivity index (χ2n) is 4.37. The number of carboxylic acids is 1. The molecule has 0 aliphatic rings. The van der Waals surface area contributed by atoms with Crippen molar-refractivity contribution in [2.24, 2.45) is 5.92 Å². The molecule has 94 valence electrons. The highest BCUT2D eigenvalue weighted by atomic mass is 16.4. The number of hydrogen-bond acceptors (Lipinski definition) is 3. The van der Waals surface area contributed by atoms with E-state index in [1.165, 1.54) is 12.1 Å². The second kappa shape index (κ2) is 5.03. The summed E-state index contributed by atoms with van der Waals surface area (Å²) in [5.41, 5.74) is 0. The Kier molecular flexibility index (Phi) is 3.93. The Morgan fingerprint density at radius 1 is 1.24 bits per heavy atom. The van der Waals surface area contributed by atoms with E-state index in [-0.39, 0.29) is 23.5 Å². The van der Waals surface area contributed by atoms with Crippen molar-refractivity contribution in [2.75, 3.05) is 7.05 Å². The van der Waals surface area contributed by atoms with Gasteiger partial charge in [0.05, 0.1) is 0 Å². The Morgan fingerprint density at radius 2 is 1.76 bits per heavy atom. The molecule has 1 heterocycles. The lowest BCUT2D eigenvalue weighted by molar-refractivity contribution is 0.0636. The molecule has 0 aliphatic carbocycles. The maximum atomic E-state index is 12.0. The highest BCUT2D eigenvalue weighted by molar-refractivity contribution is 5.93. The molecule has 0 aromatic carbocycles. The summed E-state index contributed by atoms with van der Waals surface area (Å²) in [6, 6.07) is 2.72. The van der Waals surface area contributed by atoms with Crippen molar-refractivity contribution in [3.05, 3.63) is 23.7 Å². The zero-order chi connectivity index (χ0) is 13.2. The van der Waals surface area contributed by atoms with Crippen molar-refractivity contribution in [3.8, 4) is 0 Å². The Bertz CT molecular complexity index is 422. The predicted molar refractivity (Wildman–Crippen MR) is 62.1 cm³/mol. The van der Waals surface area contributed by atoms with Crippen LogP contribution in [0, 0.1) is 5.92 Å². The molecule has 0 fully saturated rings. The largest absolute Gasteiger partial charge is 0.475 e. The molecular formula is C12H17NO4. The molecule has 1 atom stereocenters. The van der Waals surface area contributed by atoms with Crippen molar-refractivity contribution in [3.63, 3.8) is 0 Å². The first-order chi connectivity index (χ1) is 7.84. The summed E-state index contributed by atoms with van der Waals surface area (Å²) >= 11 is 0. The molecular weight excluding hydrogens is 222 g/mol. The fourth-order valence-corrected chi connectivity index (χ4v) is 1.37. The van der Waals surface area contributed by atoms with E-state index in [0.717, 1.165) is 0 Å². The van der Waals surface area contributed by atoms with Gasteiger partial charge in [-0.2, -0.15) is 0 Å². The quantitative estimate of drug-likeness (QED) is 0.873. The van der Waals surface area contributed by atoms with Crippen molar-refractivity contribution in [1.29, 1.82) is 0 Å². The third kappa shape index (κ3) is 2.87. The van der Waals surface area contributed by atoms with Gasteiger partial charge in [-0.15, -0.1) is 0 Å². The minimum Gasteiger partial charge on any atom is -0.475 e. The summed E-state index contributed by atoms with van der Waals surface area (Å²) in [5, 5.41) is 8.70. The van der Waals surface area contributed by atoms with Gasteiger partial charge in [-0.05, 0) is 25.0 Å². The molecule has 0 bridgehead atoms. The number of carbonyl (C=O) groups is 2. The van der Waals surface area contributed by atoms with E-state index in [1.807, 2.05) is 20.8 Å². The van der Waals surface area contributed by atoms with Crippen LogP contribution in [0.15, 0.2) is 16.5 Å². The van der Waals surface area contributed by atoms with Crippen LogP contribution in [-0.2, 0) is 0 Å². The SMILES string of the molecule is CC(C)C(C)N(C)C(=O)c1ccc(C(=O)O)o1. The van der Waals surface area contributed by atoms with Gasteiger partial charge >= 0.3 is 5.97 Å². The van der Waals surface area contributed by atoms with Gasteiger partial charge in [-0.1, -0.05) is 13.8 Å². The van der Waals surface area contributed by atoms with Gasteiger partial charge in [-0.25, -0.2) is 4.79 Å². The first kappa shape index (κ1) is 13.3. The molecule has 1 rings (SSSR count). The molecule has 0 saturated carbocycles. The summed E-state index contributed by atoms with van der Waals surface area (Å²) in [4.78, 5) is 24.1. The van der Waals surface area contributed by atoms with Crippen LogP contribution in [0.3, 0.4) is 0 Å². The van der Waals surface area contributed by atoms with E-state index in [2.05, 4.69) is 0 Å². The third-order valence-electron chi connectivity index (χ3n) is 2.92. The monoisotopic (exact) mass is 239 g/mol. The third-order valence-corrected chi connectivity index (χ3v) is 2.92. The molecule has 5 heteroatoms. The predicted octanol–water partition coefficient (Wildman–Crippen LogP) is 2.09.